The van der Waals surface area contributed by atoms with E-state index in [1.807, 2.05) is 4.90 Å². The highest BCUT2D eigenvalue weighted by Gasteiger charge is 2.31. The van der Waals surface area contributed by atoms with Crippen molar-refractivity contribution < 1.29 is 18.0 Å². The molecule has 1 saturated heterocycles. The SMILES string of the molecule is O=C(NCCCCN1CCc2ccccc21)C1CCN(c2ccc(C(F)(F)F)cn2)CC1. The van der Waals surface area contributed by atoms with Gasteiger partial charge in [0.25, 0.3) is 0 Å². The molecule has 2 aliphatic rings. The number of halogens is 3. The molecule has 1 aromatic carbocycles. The molecule has 1 fully saturated rings. The molecule has 172 valence electrons. The zero-order valence-electron chi connectivity index (χ0n) is 18.1. The molecule has 1 aromatic heterocycles. The monoisotopic (exact) mass is 446 g/mol. The number of unbranched alkanes of at least 4 members (excludes halogenated alkanes) is 1. The van der Waals surface area contributed by atoms with Crippen LogP contribution >= 0.6 is 0 Å². The highest BCUT2D eigenvalue weighted by Crippen LogP contribution is 2.30. The van der Waals surface area contributed by atoms with Crippen molar-refractivity contribution in [2.24, 2.45) is 5.92 Å². The number of rotatable bonds is 7. The molecule has 4 rings (SSSR count). The van der Waals surface area contributed by atoms with E-state index < -0.39 is 11.7 Å². The molecule has 32 heavy (non-hydrogen) atoms. The summed E-state index contributed by atoms with van der Waals surface area (Å²) in [6, 6.07) is 11.0. The van der Waals surface area contributed by atoms with Crippen LogP contribution in [0.15, 0.2) is 42.6 Å². The molecule has 0 bridgehead atoms. The molecule has 0 saturated carbocycles. The third-order valence-corrected chi connectivity index (χ3v) is 6.40. The van der Waals surface area contributed by atoms with Crippen LogP contribution < -0.4 is 15.1 Å². The Balaban J connectivity index is 1.14. The first-order chi connectivity index (χ1) is 15.4. The lowest BCUT2D eigenvalue weighted by atomic mass is 9.96. The summed E-state index contributed by atoms with van der Waals surface area (Å²) in [6.45, 7) is 3.98. The minimum atomic E-state index is -4.38. The summed E-state index contributed by atoms with van der Waals surface area (Å²) in [5.74, 6) is 0.558. The first-order valence-electron chi connectivity index (χ1n) is 11.3. The lowest BCUT2D eigenvalue weighted by molar-refractivity contribution is -0.137. The Labute approximate surface area is 186 Å². The van der Waals surface area contributed by atoms with Crippen LogP contribution in [0, 0.1) is 5.92 Å². The van der Waals surface area contributed by atoms with E-state index in [1.54, 1.807) is 0 Å². The number of benzene rings is 1. The highest BCUT2D eigenvalue weighted by atomic mass is 19.4. The standard InChI is InChI=1S/C24H29F3N4O/c25-24(26,27)20-7-8-22(29-17-20)31-15-10-19(11-16-31)23(32)28-12-3-4-13-30-14-9-18-5-1-2-6-21(18)30/h1-2,5-8,17,19H,3-4,9-16H2,(H,28,32). The lowest BCUT2D eigenvalue weighted by Gasteiger charge is -2.32. The van der Waals surface area contributed by atoms with Gasteiger partial charge in [-0.15, -0.1) is 0 Å². The Hall–Kier alpha value is -2.77. The minimum Gasteiger partial charge on any atom is -0.371 e. The third kappa shape index (κ3) is 5.34. The zero-order valence-corrected chi connectivity index (χ0v) is 18.1. The Bertz CT molecular complexity index is 908. The second-order valence-corrected chi connectivity index (χ2v) is 8.53. The lowest BCUT2D eigenvalue weighted by Crippen LogP contribution is -2.41. The van der Waals surface area contributed by atoms with Crippen LogP contribution in [0.1, 0.15) is 36.8 Å². The second-order valence-electron chi connectivity index (χ2n) is 8.53. The van der Waals surface area contributed by atoms with Crippen LogP contribution in [0.5, 0.6) is 0 Å². The van der Waals surface area contributed by atoms with Gasteiger partial charge in [0.2, 0.25) is 5.91 Å². The third-order valence-electron chi connectivity index (χ3n) is 6.40. The quantitative estimate of drug-likeness (QED) is 0.645. The van der Waals surface area contributed by atoms with Gasteiger partial charge >= 0.3 is 6.18 Å². The van der Waals surface area contributed by atoms with E-state index in [4.69, 9.17) is 0 Å². The van der Waals surface area contributed by atoms with Crippen molar-refractivity contribution in [1.82, 2.24) is 10.3 Å². The van der Waals surface area contributed by atoms with Crippen LogP contribution in [0.2, 0.25) is 0 Å². The Kier molecular flexibility index (Phi) is 6.86. The summed E-state index contributed by atoms with van der Waals surface area (Å²) in [7, 11) is 0. The summed E-state index contributed by atoms with van der Waals surface area (Å²) < 4.78 is 38.1. The summed E-state index contributed by atoms with van der Waals surface area (Å²) in [6.07, 6.45) is 0.932. The maximum absolute atomic E-state index is 12.7. The molecule has 8 heteroatoms. The molecule has 5 nitrogen and oxygen atoms in total. The van der Waals surface area contributed by atoms with Crippen molar-refractivity contribution in [2.75, 3.05) is 42.5 Å². The maximum atomic E-state index is 12.7. The summed E-state index contributed by atoms with van der Waals surface area (Å²) in [4.78, 5) is 20.8. The predicted molar refractivity (Wildman–Crippen MR) is 119 cm³/mol. The van der Waals surface area contributed by atoms with Crippen LogP contribution in [0.4, 0.5) is 24.7 Å². The number of fused-ring (bicyclic) bond motifs is 1. The summed E-state index contributed by atoms with van der Waals surface area (Å²) in [5, 5.41) is 3.06. The number of aromatic nitrogens is 1. The highest BCUT2D eigenvalue weighted by molar-refractivity contribution is 5.78. The Morgan fingerprint density at radius 1 is 1.06 bits per heavy atom. The number of piperidine rings is 1. The molecule has 2 aliphatic heterocycles. The van der Waals surface area contributed by atoms with Gasteiger partial charge in [0.15, 0.2) is 0 Å². The summed E-state index contributed by atoms with van der Waals surface area (Å²) >= 11 is 0. The minimum absolute atomic E-state index is 0.0499. The molecule has 3 heterocycles. The number of nitrogens with one attached hydrogen (secondary N) is 1. The van der Waals surface area contributed by atoms with Crippen LogP contribution in [0.25, 0.3) is 0 Å². The second kappa shape index (κ2) is 9.79. The van der Waals surface area contributed by atoms with E-state index in [0.29, 0.717) is 38.3 Å². The number of alkyl halides is 3. The fourth-order valence-corrected chi connectivity index (χ4v) is 4.53. The average Bonchev–Trinajstić information content (AvgIpc) is 3.21. The molecular weight excluding hydrogens is 417 g/mol. The van der Waals surface area contributed by atoms with Gasteiger partial charge in [-0.05, 0) is 55.9 Å². The van der Waals surface area contributed by atoms with Crippen LogP contribution in [-0.2, 0) is 17.4 Å². The first-order valence-corrected chi connectivity index (χ1v) is 11.3. The number of carbonyl (C=O) groups is 1. The number of amides is 1. The van der Waals surface area contributed by atoms with Crippen molar-refractivity contribution in [2.45, 2.75) is 38.3 Å². The molecule has 0 unspecified atom stereocenters. The molecule has 0 spiro atoms. The maximum Gasteiger partial charge on any atom is 0.417 e. The first kappa shape index (κ1) is 22.4. The van der Waals surface area contributed by atoms with Gasteiger partial charge in [-0.25, -0.2) is 4.98 Å². The van der Waals surface area contributed by atoms with E-state index in [2.05, 4.69) is 39.5 Å². The number of hydrogen-bond donors (Lipinski definition) is 1. The average molecular weight is 447 g/mol. The van der Waals surface area contributed by atoms with Gasteiger partial charge < -0.3 is 15.1 Å². The van der Waals surface area contributed by atoms with E-state index in [-0.39, 0.29) is 11.8 Å². The number of carbonyl (C=O) groups excluding carboxylic acids is 1. The van der Waals surface area contributed by atoms with Gasteiger partial charge in [0.05, 0.1) is 5.56 Å². The summed E-state index contributed by atoms with van der Waals surface area (Å²) in [5.41, 5.74) is 2.01. The number of hydrogen-bond acceptors (Lipinski definition) is 4. The van der Waals surface area contributed by atoms with Crippen LogP contribution in [-0.4, -0.2) is 43.6 Å². The van der Waals surface area contributed by atoms with E-state index >= 15 is 0 Å². The number of nitrogens with zero attached hydrogens (tertiary/aromatic N) is 3. The van der Waals surface area contributed by atoms with Gasteiger partial charge in [-0.2, -0.15) is 13.2 Å². The molecule has 1 amide bonds. The zero-order chi connectivity index (χ0) is 22.6. The van der Waals surface area contributed by atoms with Crippen LogP contribution in [0.3, 0.4) is 0 Å². The number of para-hydroxylation sites is 1. The van der Waals surface area contributed by atoms with E-state index in [1.165, 1.54) is 17.3 Å². The normalized spacial score (nSPS) is 16.8. The smallest absolute Gasteiger partial charge is 0.371 e. The van der Waals surface area contributed by atoms with E-state index in [0.717, 1.165) is 44.6 Å². The van der Waals surface area contributed by atoms with Gasteiger partial charge in [-0.1, -0.05) is 18.2 Å². The fraction of sp³-hybridized carbons (Fsp3) is 0.500. The number of pyridine rings is 1. The van der Waals surface area contributed by atoms with Crippen molar-refractivity contribution >= 4 is 17.4 Å². The Morgan fingerprint density at radius 3 is 2.56 bits per heavy atom. The van der Waals surface area contributed by atoms with E-state index in [9.17, 15) is 18.0 Å². The topological polar surface area (TPSA) is 48.5 Å². The largest absolute Gasteiger partial charge is 0.417 e. The predicted octanol–water partition coefficient (Wildman–Crippen LogP) is 4.28. The number of anilines is 2. The molecular formula is C24H29F3N4O. The molecule has 0 aliphatic carbocycles. The van der Waals surface area contributed by atoms with Gasteiger partial charge in [0.1, 0.15) is 5.82 Å². The van der Waals surface area contributed by atoms with Gasteiger partial charge in [-0.3, -0.25) is 4.79 Å². The fourth-order valence-electron chi connectivity index (χ4n) is 4.53. The van der Waals surface area contributed by atoms with Crippen molar-refractivity contribution in [3.05, 3.63) is 53.7 Å². The van der Waals surface area contributed by atoms with Gasteiger partial charge in [0, 0.05) is 50.5 Å². The molecule has 0 atom stereocenters. The molecule has 1 N–H and O–H groups in total. The Morgan fingerprint density at radius 2 is 1.84 bits per heavy atom. The molecule has 0 radical (unpaired) electrons. The van der Waals surface area contributed by atoms with Crippen molar-refractivity contribution in [3.8, 4) is 0 Å². The van der Waals surface area contributed by atoms with Crippen molar-refractivity contribution in [1.29, 1.82) is 0 Å². The van der Waals surface area contributed by atoms with Crippen molar-refractivity contribution in [3.63, 3.8) is 0 Å². The molecule has 2 aromatic rings.